The summed E-state index contributed by atoms with van der Waals surface area (Å²) < 4.78 is 2.29. The summed E-state index contributed by atoms with van der Waals surface area (Å²) >= 11 is 0. The molecule has 4 nitrogen and oxygen atoms in total. The number of aromatic nitrogens is 3. The van der Waals surface area contributed by atoms with Crippen molar-refractivity contribution in [3.05, 3.63) is 54.1 Å². The summed E-state index contributed by atoms with van der Waals surface area (Å²) in [7, 11) is 0. The number of hydrogen-bond donors (Lipinski definition) is 1. The van der Waals surface area contributed by atoms with Gasteiger partial charge < -0.3 is 10.3 Å². The Morgan fingerprint density at radius 1 is 1.14 bits per heavy atom. The van der Waals surface area contributed by atoms with E-state index in [0.29, 0.717) is 5.92 Å². The Bertz CT molecular complexity index is 759. The zero-order chi connectivity index (χ0) is 15.0. The van der Waals surface area contributed by atoms with Crippen LogP contribution in [0.15, 0.2) is 42.7 Å². The number of nitrogen functional groups attached to an aromatic ring is 1. The quantitative estimate of drug-likeness (QED) is 0.743. The van der Waals surface area contributed by atoms with Crippen LogP contribution >= 0.6 is 0 Å². The lowest BCUT2D eigenvalue weighted by Crippen LogP contribution is -2.12. The summed E-state index contributed by atoms with van der Waals surface area (Å²) in [6, 6.07) is 10.2. The number of nitrogens with zero attached hydrogens (tertiary/aromatic N) is 3. The number of rotatable bonds is 3. The van der Waals surface area contributed by atoms with Crippen molar-refractivity contribution in [1.29, 1.82) is 0 Å². The van der Waals surface area contributed by atoms with Gasteiger partial charge in [0.1, 0.15) is 5.82 Å². The minimum atomic E-state index is 0.185. The average Bonchev–Trinajstić information content (AvgIpc) is 2.86. The van der Waals surface area contributed by atoms with Gasteiger partial charge in [-0.15, -0.1) is 0 Å². The smallest absolute Gasteiger partial charge is 0.113 e. The maximum Gasteiger partial charge on any atom is 0.113 e. The molecule has 21 heavy (non-hydrogen) atoms. The molecule has 0 radical (unpaired) electrons. The molecule has 0 fully saturated rings. The van der Waals surface area contributed by atoms with Crippen LogP contribution in [0.25, 0.3) is 11.0 Å². The average molecular weight is 280 g/mol. The Labute approximate surface area is 124 Å². The molecule has 2 heterocycles. The van der Waals surface area contributed by atoms with Gasteiger partial charge in [-0.1, -0.05) is 19.9 Å². The SMILES string of the molecule is CC(C)c1nc2cc(N)ccc2n1C(C)c1cccnc1. The van der Waals surface area contributed by atoms with Gasteiger partial charge >= 0.3 is 0 Å². The second-order valence-electron chi connectivity index (χ2n) is 5.71. The fourth-order valence-corrected chi connectivity index (χ4v) is 2.72. The number of benzene rings is 1. The van der Waals surface area contributed by atoms with E-state index >= 15 is 0 Å². The molecule has 0 aliphatic carbocycles. The molecule has 108 valence electrons. The van der Waals surface area contributed by atoms with Crippen LogP contribution in [0.4, 0.5) is 5.69 Å². The molecular formula is C17H20N4. The van der Waals surface area contributed by atoms with Crippen molar-refractivity contribution in [1.82, 2.24) is 14.5 Å². The summed E-state index contributed by atoms with van der Waals surface area (Å²) in [5, 5.41) is 0. The topological polar surface area (TPSA) is 56.7 Å². The van der Waals surface area contributed by atoms with Gasteiger partial charge in [0.05, 0.1) is 17.1 Å². The molecular weight excluding hydrogens is 260 g/mol. The van der Waals surface area contributed by atoms with Crippen molar-refractivity contribution < 1.29 is 0 Å². The van der Waals surface area contributed by atoms with Gasteiger partial charge in [-0.3, -0.25) is 4.98 Å². The van der Waals surface area contributed by atoms with E-state index in [1.165, 1.54) is 5.56 Å². The molecule has 4 heteroatoms. The molecule has 1 unspecified atom stereocenters. The molecule has 2 N–H and O–H groups in total. The van der Waals surface area contributed by atoms with E-state index in [9.17, 15) is 0 Å². The van der Waals surface area contributed by atoms with Crippen LogP contribution in [0.5, 0.6) is 0 Å². The molecule has 3 aromatic rings. The van der Waals surface area contributed by atoms with Gasteiger partial charge in [-0.2, -0.15) is 0 Å². The summed E-state index contributed by atoms with van der Waals surface area (Å²) in [6.07, 6.45) is 3.71. The molecule has 0 aliphatic heterocycles. The fraction of sp³-hybridized carbons (Fsp3) is 0.294. The second kappa shape index (κ2) is 5.20. The Kier molecular flexibility index (Phi) is 3.37. The van der Waals surface area contributed by atoms with Crippen LogP contribution in [0.2, 0.25) is 0 Å². The molecule has 1 aromatic carbocycles. The first kappa shape index (κ1) is 13.6. The first-order chi connectivity index (χ1) is 10.1. The van der Waals surface area contributed by atoms with E-state index in [4.69, 9.17) is 10.7 Å². The minimum absolute atomic E-state index is 0.185. The highest BCUT2D eigenvalue weighted by Gasteiger charge is 2.19. The van der Waals surface area contributed by atoms with Crippen molar-refractivity contribution in [2.24, 2.45) is 0 Å². The van der Waals surface area contributed by atoms with Gasteiger partial charge in [-0.25, -0.2) is 4.98 Å². The lowest BCUT2D eigenvalue weighted by Gasteiger charge is -2.19. The molecule has 0 saturated carbocycles. The molecule has 0 saturated heterocycles. The maximum atomic E-state index is 5.89. The standard InChI is InChI=1S/C17H20N4/c1-11(2)17-20-15-9-14(18)6-7-16(15)21(17)12(3)13-5-4-8-19-10-13/h4-12H,18H2,1-3H3. The predicted molar refractivity (Wildman–Crippen MR) is 86.3 cm³/mol. The molecule has 0 spiro atoms. The largest absolute Gasteiger partial charge is 0.399 e. The normalized spacial score (nSPS) is 13.0. The van der Waals surface area contributed by atoms with Crippen LogP contribution in [0, 0.1) is 0 Å². The summed E-state index contributed by atoms with van der Waals surface area (Å²) in [5.41, 5.74) is 9.88. The number of fused-ring (bicyclic) bond motifs is 1. The first-order valence-corrected chi connectivity index (χ1v) is 7.25. The maximum absolute atomic E-state index is 5.89. The lowest BCUT2D eigenvalue weighted by atomic mass is 10.1. The summed E-state index contributed by atoms with van der Waals surface area (Å²) in [4.78, 5) is 9.01. The van der Waals surface area contributed by atoms with Gasteiger partial charge in [0.25, 0.3) is 0 Å². The van der Waals surface area contributed by atoms with Crippen LogP contribution < -0.4 is 5.73 Å². The zero-order valence-corrected chi connectivity index (χ0v) is 12.6. The van der Waals surface area contributed by atoms with Crippen molar-refractivity contribution in [2.45, 2.75) is 32.7 Å². The van der Waals surface area contributed by atoms with Crippen LogP contribution in [0.1, 0.15) is 44.1 Å². The van der Waals surface area contributed by atoms with Crippen molar-refractivity contribution in [3.63, 3.8) is 0 Å². The molecule has 0 bridgehead atoms. The van der Waals surface area contributed by atoms with E-state index in [2.05, 4.69) is 42.5 Å². The van der Waals surface area contributed by atoms with Crippen LogP contribution in [-0.4, -0.2) is 14.5 Å². The van der Waals surface area contributed by atoms with Crippen LogP contribution in [0.3, 0.4) is 0 Å². The highest BCUT2D eigenvalue weighted by molar-refractivity contribution is 5.80. The number of imidazole rings is 1. The summed E-state index contributed by atoms with van der Waals surface area (Å²) in [6.45, 7) is 6.51. The van der Waals surface area contributed by atoms with Crippen molar-refractivity contribution in [3.8, 4) is 0 Å². The number of nitrogens with two attached hydrogens (primary N) is 1. The van der Waals surface area contributed by atoms with Gasteiger partial charge in [0.2, 0.25) is 0 Å². The predicted octanol–water partition coefficient (Wildman–Crippen LogP) is 3.75. The Morgan fingerprint density at radius 2 is 1.95 bits per heavy atom. The van der Waals surface area contributed by atoms with Crippen molar-refractivity contribution in [2.75, 3.05) is 5.73 Å². The lowest BCUT2D eigenvalue weighted by molar-refractivity contribution is 0.592. The zero-order valence-electron chi connectivity index (χ0n) is 12.6. The van der Waals surface area contributed by atoms with E-state index in [1.54, 1.807) is 6.20 Å². The first-order valence-electron chi connectivity index (χ1n) is 7.25. The minimum Gasteiger partial charge on any atom is -0.399 e. The number of hydrogen-bond acceptors (Lipinski definition) is 3. The molecule has 2 aromatic heterocycles. The molecule has 0 amide bonds. The number of anilines is 1. The van der Waals surface area contributed by atoms with E-state index in [0.717, 1.165) is 22.5 Å². The van der Waals surface area contributed by atoms with E-state index in [-0.39, 0.29) is 6.04 Å². The Hall–Kier alpha value is -2.36. The second-order valence-corrected chi connectivity index (χ2v) is 5.71. The van der Waals surface area contributed by atoms with E-state index < -0.39 is 0 Å². The van der Waals surface area contributed by atoms with Gasteiger partial charge in [0, 0.05) is 24.0 Å². The van der Waals surface area contributed by atoms with Crippen molar-refractivity contribution >= 4 is 16.7 Å². The van der Waals surface area contributed by atoms with Gasteiger partial charge in [-0.05, 0) is 36.8 Å². The molecule has 1 atom stereocenters. The highest BCUT2D eigenvalue weighted by atomic mass is 15.1. The van der Waals surface area contributed by atoms with Crippen LogP contribution in [-0.2, 0) is 0 Å². The third-order valence-corrected chi connectivity index (χ3v) is 3.81. The third kappa shape index (κ3) is 2.37. The Balaban J connectivity index is 2.22. The monoisotopic (exact) mass is 280 g/mol. The van der Waals surface area contributed by atoms with E-state index in [1.807, 2.05) is 24.4 Å². The third-order valence-electron chi connectivity index (χ3n) is 3.81. The fourth-order valence-electron chi connectivity index (χ4n) is 2.72. The van der Waals surface area contributed by atoms with Gasteiger partial charge in [0.15, 0.2) is 0 Å². The summed E-state index contributed by atoms with van der Waals surface area (Å²) in [5.74, 6) is 1.42. The highest BCUT2D eigenvalue weighted by Crippen LogP contribution is 2.29. The molecule has 3 rings (SSSR count). The number of pyridine rings is 1. The Morgan fingerprint density at radius 3 is 2.62 bits per heavy atom. The molecule has 0 aliphatic rings.